The van der Waals surface area contributed by atoms with Gasteiger partial charge in [0.2, 0.25) is 0 Å². The number of aryl methyl sites for hydroxylation is 1. The first-order valence-corrected chi connectivity index (χ1v) is 26.6. The van der Waals surface area contributed by atoms with Gasteiger partial charge in [0.25, 0.3) is 39.8 Å². The van der Waals surface area contributed by atoms with Crippen molar-refractivity contribution in [2.75, 3.05) is 0 Å². The van der Waals surface area contributed by atoms with E-state index in [1.807, 2.05) is 13.8 Å². The molecule has 0 bridgehead atoms. The van der Waals surface area contributed by atoms with Crippen LogP contribution in [0.15, 0.2) is 185 Å². The summed E-state index contributed by atoms with van der Waals surface area (Å²) in [6, 6.07) is 23.9. The fourth-order valence-corrected chi connectivity index (χ4v) is 9.53. The quantitative estimate of drug-likeness (QED) is 0.0272. The number of phenolic OH excluding ortho intramolecular Hbond substituents is 2. The van der Waals surface area contributed by atoms with E-state index in [4.69, 9.17) is 0 Å². The number of non-ortho nitro benzene ring substituents is 7. The van der Waals surface area contributed by atoms with E-state index in [0.29, 0.717) is 47.2 Å². The van der Waals surface area contributed by atoms with Crippen molar-refractivity contribution in [3.63, 3.8) is 0 Å². The number of rotatable bonds is 25. The molecule has 0 heterocycles. The van der Waals surface area contributed by atoms with Crippen molar-refractivity contribution in [3.8, 4) is 11.5 Å². The largest absolute Gasteiger partial charge is 0.512 e. The average Bonchev–Trinajstić information content (AvgIpc) is 2.39. The molecule has 1 aliphatic carbocycles. The van der Waals surface area contributed by atoms with Crippen molar-refractivity contribution < 1.29 is 49.8 Å². The summed E-state index contributed by atoms with van der Waals surface area (Å²) in [5.74, 6) is -1.28. The molecule has 0 aromatic heterocycles. The van der Waals surface area contributed by atoms with Gasteiger partial charge in [-0.3, -0.25) is 70.8 Å². The van der Waals surface area contributed by atoms with E-state index in [1.165, 1.54) is 54.6 Å². The standard InChI is InChI=1S/C57H47N15O17/c1-3-6-34-16-42(60-58-40-8-5-9-48(22-40)66(76)77)18-36(55(34)73)11-32-10-33(14-41(13-32)59-63-45-23-49(67(78)79)29-50(24-45)68(80)81)12-37-19-44(62-65-47-27-53(71(86)87)31-54(28-47)72(88)89)21-39(57(37)75)15-38-20-43(17-35(7-4-2)56(38)74)61-64-46-25-51(69(82)83)30-52(26-46)70(84)85/h5,8-10,13-14,16-17,19-31,36,73-75H,3-4,6-7,11-12,15,18H2,1-2H3. The molecule has 0 fully saturated rings. The molecular formula is C57H47N15O17. The Kier molecular flexibility index (Phi) is 19.4. The Morgan fingerprint density at radius 1 is 0.393 bits per heavy atom. The summed E-state index contributed by atoms with van der Waals surface area (Å²) in [5.41, 5.74) is -2.19. The van der Waals surface area contributed by atoms with Gasteiger partial charge in [0.1, 0.15) is 11.5 Å². The Balaban J connectivity index is 1.25. The SMILES string of the molecule is CCCC1=C(O)C(Cc2cc(Cc3cc(N=Nc4cc([N+](=O)[O-])cc([N+](=O)[O-])c4)cc(Cc4cc(N=Nc5cc([N+](=O)[O-])cc([N+](=O)[O-])c5)cc(CCC)c4O)c3O)cc(N=Nc3cc([N+](=O)[O-])cc([N+](=O)[O-])c3)c2)CC(N=Nc2cccc([N+](=O)[O-])c2)=C1. The van der Waals surface area contributed by atoms with Crippen LogP contribution in [0.25, 0.3) is 0 Å². The molecule has 89 heavy (non-hydrogen) atoms. The fraction of sp³-hybridized carbons (Fsp3) is 0.193. The van der Waals surface area contributed by atoms with Gasteiger partial charge in [-0.1, -0.05) is 38.8 Å². The predicted molar refractivity (Wildman–Crippen MR) is 316 cm³/mol. The minimum Gasteiger partial charge on any atom is -0.512 e. The lowest BCUT2D eigenvalue weighted by atomic mass is 9.85. The van der Waals surface area contributed by atoms with E-state index < -0.39 is 74.5 Å². The Bertz CT molecular complexity index is 4160. The maximum absolute atomic E-state index is 12.3. The van der Waals surface area contributed by atoms with Crippen LogP contribution in [0.1, 0.15) is 72.9 Å². The molecule has 8 rings (SSSR count). The monoisotopic (exact) mass is 1210 g/mol. The summed E-state index contributed by atoms with van der Waals surface area (Å²) in [4.78, 5) is 76.3. The molecule has 0 amide bonds. The number of aliphatic hydroxyl groups excluding tert-OH is 1. The van der Waals surface area contributed by atoms with Crippen LogP contribution in [0.2, 0.25) is 0 Å². The van der Waals surface area contributed by atoms with Gasteiger partial charge in [0.05, 0.1) is 104 Å². The molecule has 1 aliphatic rings. The summed E-state index contributed by atoms with van der Waals surface area (Å²) >= 11 is 0. The molecule has 1 atom stereocenters. The molecular weight excluding hydrogens is 1170 g/mol. The number of aromatic hydroxyl groups is 2. The Labute approximate surface area is 500 Å². The highest BCUT2D eigenvalue weighted by Crippen LogP contribution is 2.41. The lowest BCUT2D eigenvalue weighted by Gasteiger charge is -2.24. The van der Waals surface area contributed by atoms with Crippen LogP contribution in [0.5, 0.6) is 11.5 Å². The number of hydrogen-bond donors (Lipinski definition) is 3. The van der Waals surface area contributed by atoms with E-state index in [9.17, 15) is 86.1 Å². The second-order valence-corrected chi connectivity index (χ2v) is 20.0. The number of hydrogen-bond acceptors (Lipinski definition) is 25. The summed E-state index contributed by atoms with van der Waals surface area (Å²) in [7, 11) is 0. The van der Waals surface area contributed by atoms with Crippen LogP contribution >= 0.6 is 0 Å². The van der Waals surface area contributed by atoms with Crippen LogP contribution in [-0.4, -0.2) is 49.8 Å². The van der Waals surface area contributed by atoms with E-state index in [0.717, 1.165) is 54.6 Å². The van der Waals surface area contributed by atoms with Crippen molar-refractivity contribution >= 4 is 79.6 Å². The maximum atomic E-state index is 12.3. The summed E-state index contributed by atoms with van der Waals surface area (Å²) in [6.45, 7) is 3.72. The van der Waals surface area contributed by atoms with Gasteiger partial charge in [-0.05, 0) is 90.1 Å². The van der Waals surface area contributed by atoms with Gasteiger partial charge in [0, 0.05) is 90.4 Å². The van der Waals surface area contributed by atoms with Gasteiger partial charge >= 0.3 is 0 Å². The van der Waals surface area contributed by atoms with Crippen molar-refractivity contribution in [3.05, 3.63) is 249 Å². The highest BCUT2D eigenvalue weighted by molar-refractivity contribution is 5.62. The van der Waals surface area contributed by atoms with Crippen LogP contribution in [0.4, 0.5) is 79.6 Å². The highest BCUT2D eigenvalue weighted by atomic mass is 16.7. The van der Waals surface area contributed by atoms with Gasteiger partial charge in [-0.25, -0.2) is 0 Å². The molecule has 0 saturated heterocycles. The van der Waals surface area contributed by atoms with Crippen LogP contribution < -0.4 is 0 Å². The Morgan fingerprint density at radius 3 is 1.18 bits per heavy atom. The zero-order valence-electron chi connectivity index (χ0n) is 46.6. The lowest BCUT2D eigenvalue weighted by molar-refractivity contribution is -0.394. The number of phenols is 2. The summed E-state index contributed by atoms with van der Waals surface area (Å²) in [5, 5.41) is 151. The molecule has 0 radical (unpaired) electrons. The van der Waals surface area contributed by atoms with E-state index in [2.05, 4.69) is 40.9 Å². The van der Waals surface area contributed by atoms with E-state index in [1.54, 1.807) is 18.2 Å². The van der Waals surface area contributed by atoms with E-state index >= 15 is 0 Å². The first kappa shape index (κ1) is 62.7. The molecule has 1 unspecified atom stereocenters. The number of azo groups is 4. The molecule has 452 valence electrons. The van der Waals surface area contributed by atoms with Crippen molar-refractivity contribution in [1.82, 2.24) is 0 Å². The first-order chi connectivity index (χ1) is 42.4. The molecule has 32 nitrogen and oxygen atoms in total. The van der Waals surface area contributed by atoms with E-state index in [-0.39, 0.29) is 112 Å². The molecule has 0 aliphatic heterocycles. The number of benzene rings is 7. The summed E-state index contributed by atoms with van der Waals surface area (Å²) in [6.07, 6.45) is 3.12. The third kappa shape index (κ3) is 16.1. The van der Waals surface area contributed by atoms with Gasteiger partial charge in [0.15, 0.2) is 0 Å². The smallest absolute Gasteiger partial charge is 0.278 e. The van der Waals surface area contributed by atoms with Crippen molar-refractivity contribution in [2.24, 2.45) is 46.8 Å². The molecule has 32 heteroatoms. The topological polar surface area (TPSA) is 462 Å². The normalized spacial score (nSPS) is 13.4. The lowest BCUT2D eigenvalue weighted by Crippen LogP contribution is -2.15. The number of allylic oxidation sites excluding steroid dienone is 4. The minimum atomic E-state index is -0.862. The van der Waals surface area contributed by atoms with Gasteiger partial charge in [-0.15, -0.1) is 0 Å². The van der Waals surface area contributed by atoms with Gasteiger partial charge in [-0.2, -0.15) is 40.9 Å². The predicted octanol–water partition coefficient (Wildman–Crippen LogP) is 16.7. The molecule has 0 spiro atoms. The number of nitrogens with zero attached hydrogens (tertiary/aromatic N) is 15. The Hall–Kier alpha value is -12.4. The third-order valence-corrected chi connectivity index (χ3v) is 13.5. The number of aliphatic hydroxyl groups is 1. The first-order valence-electron chi connectivity index (χ1n) is 26.6. The molecule has 7 aromatic rings. The summed E-state index contributed by atoms with van der Waals surface area (Å²) < 4.78 is 0. The van der Waals surface area contributed by atoms with Crippen molar-refractivity contribution in [2.45, 2.75) is 65.2 Å². The fourth-order valence-electron chi connectivity index (χ4n) is 9.53. The maximum Gasteiger partial charge on any atom is 0.278 e. The minimum absolute atomic E-state index is 0.0250. The van der Waals surface area contributed by atoms with Crippen molar-refractivity contribution in [1.29, 1.82) is 0 Å². The zero-order valence-corrected chi connectivity index (χ0v) is 46.6. The molecule has 3 N–H and O–H groups in total. The highest BCUT2D eigenvalue weighted by Gasteiger charge is 2.26. The molecule has 0 saturated carbocycles. The second kappa shape index (κ2) is 27.6. The second-order valence-electron chi connectivity index (χ2n) is 20.0. The van der Waals surface area contributed by atoms with Crippen LogP contribution in [0, 0.1) is 76.7 Å². The average molecular weight is 1210 g/mol. The third-order valence-electron chi connectivity index (χ3n) is 13.5. The zero-order chi connectivity index (χ0) is 64.2. The number of nitro groups is 7. The van der Waals surface area contributed by atoms with Crippen LogP contribution in [-0.2, 0) is 25.7 Å². The molecule has 7 aromatic carbocycles. The Morgan fingerprint density at radius 2 is 0.753 bits per heavy atom. The number of nitro benzene ring substituents is 7. The van der Waals surface area contributed by atoms with Gasteiger partial charge < -0.3 is 15.3 Å². The van der Waals surface area contributed by atoms with Crippen LogP contribution in [0.3, 0.4) is 0 Å².